The van der Waals surface area contributed by atoms with E-state index in [0.29, 0.717) is 0 Å². The summed E-state index contributed by atoms with van der Waals surface area (Å²) in [5.41, 5.74) is 0.274. The molecule has 8 heteroatoms. The van der Waals surface area contributed by atoms with Crippen molar-refractivity contribution in [1.82, 2.24) is 4.98 Å². The summed E-state index contributed by atoms with van der Waals surface area (Å²) in [6.07, 6.45) is 2.68. The minimum Gasteiger partial charge on any atom is -0.424 e. The molecule has 0 saturated heterocycles. The van der Waals surface area contributed by atoms with Gasteiger partial charge in [-0.15, -0.1) is 0 Å². The molecule has 0 bridgehead atoms. The lowest BCUT2D eigenvalue weighted by Gasteiger charge is -2.09. The highest BCUT2D eigenvalue weighted by molar-refractivity contribution is 6.01. The van der Waals surface area contributed by atoms with Crippen molar-refractivity contribution in [1.29, 1.82) is 0 Å². The summed E-state index contributed by atoms with van der Waals surface area (Å²) in [7, 11) is 1.33. The van der Waals surface area contributed by atoms with Crippen molar-refractivity contribution in [3.05, 3.63) is 40.1 Å². The van der Waals surface area contributed by atoms with Crippen molar-refractivity contribution >= 4 is 28.8 Å². The van der Waals surface area contributed by atoms with E-state index in [1.54, 1.807) is 6.07 Å². The average molecular weight is 289 g/mol. The second-order valence-electron chi connectivity index (χ2n) is 3.98. The van der Waals surface area contributed by atoms with E-state index in [-0.39, 0.29) is 27.9 Å². The number of aromatic nitrogens is 1. The second kappa shape index (κ2) is 5.95. The van der Waals surface area contributed by atoms with Crippen LogP contribution in [0.15, 0.2) is 29.6 Å². The van der Waals surface area contributed by atoms with Gasteiger partial charge in [0.1, 0.15) is 12.6 Å². The van der Waals surface area contributed by atoms with Crippen LogP contribution in [0.5, 0.6) is 5.75 Å². The van der Waals surface area contributed by atoms with E-state index in [1.165, 1.54) is 38.6 Å². The number of nitro benzene ring substituents is 1. The predicted molar refractivity (Wildman–Crippen MR) is 74.3 cm³/mol. The lowest BCUT2D eigenvalue weighted by molar-refractivity contribution is -0.383. The zero-order valence-electron chi connectivity index (χ0n) is 11.3. The summed E-state index contributed by atoms with van der Waals surface area (Å²) < 4.78 is 5.12. The molecule has 8 nitrogen and oxygen atoms in total. The largest absolute Gasteiger partial charge is 0.424 e. The van der Waals surface area contributed by atoms with Gasteiger partial charge in [0.05, 0.1) is 16.5 Å². The molecular weight excluding hydrogens is 278 g/mol. The van der Waals surface area contributed by atoms with Gasteiger partial charge in [0, 0.05) is 24.8 Å². The van der Waals surface area contributed by atoms with E-state index in [4.69, 9.17) is 4.74 Å². The SMILES string of the molecule is CO/N=C/c1cc([N+](=O)[O-])c2cccnc2c1OC(C)=O. The minimum atomic E-state index is -0.567. The van der Waals surface area contributed by atoms with E-state index in [1.807, 2.05) is 0 Å². The fourth-order valence-electron chi connectivity index (χ4n) is 1.83. The number of hydrogen-bond donors (Lipinski definition) is 0. The van der Waals surface area contributed by atoms with E-state index >= 15 is 0 Å². The van der Waals surface area contributed by atoms with E-state index < -0.39 is 10.9 Å². The van der Waals surface area contributed by atoms with E-state index in [2.05, 4.69) is 15.0 Å². The third-order valence-corrected chi connectivity index (χ3v) is 2.59. The van der Waals surface area contributed by atoms with Crippen LogP contribution in [-0.2, 0) is 9.63 Å². The van der Waals surface area contributed by atoms with Crippen molar-refractivity contribution in [3.63, 3.8) is 0 Å². The number of carbonyl (C=O) groups excluding carboxylic acids is 1. The van der Waals surface area contributed by atoms with Crippen molar-refractivity contribution in [2.75, 3.05) is 7.11 Å². The monoisotopic (exact) mass is 289 g/mol. The molecule has 1 heterocycles. The Hall–Kier alpha value is -3.03. The van der Waals surface area contributed by atoms with Gasteiger partial charge in [-0.25, -0.2) is 0 Å². The highest BCUT2D eigenvalue weighted by atomic mass is 16.6. The Morgan fingerprint density at radius 3 is 2.90 bits per heavy atom. The van der Waals surface area contributed by atoms with Crippen molar-refractivity contribution in [3.8, 4) is 5.75 Å². The van der Waals surface area contributed by atoms with Gasteiger partial charge in [0.2, 0.25) is 0 Å². The molecule has 0 amide bonds. The summed E-state index contributed by atoms with van der Waals surface area (Å²) in [6, 6.07) is 4.35. The van der Waals surface area contributed by atoms with Gasteiger partial charge in [-0.2, -0.15) is 0 Å². The maximum atomic E-state index is 11.2. The van der Waals surface area contributed by atoms with Crippen LogP contribution >= 0.6 is 0 Å². The molecule has 0 spiro atoms. The highest BCUT2D eigenvalue weighted by Crippen LogP contribution is 2.34. The summed E-state index contributed by atoms with van der Waals surface area (Å²) in [6.45, 7) is 1.23. The third-order valence-electron chi connectivity index (χ3n) is 2.59. The van der Waals surface area contributed by atoms with Gasteiger partial charge < -0.3 is 9.57 Å². The van der Waals surface area contributed by atoms with Gasteiger partial charge in [0.15, 0.2) is 5.75 Å². The number of nitro groups is 1. The normalized spacial score (nSPS) is 10.8. The minimum absolute atomic E-state index is 0.101. The number of hydrogen-bond acceptors (Lipinski definition) is 7. The second-order valence-corrected chi connectivity index (χ2v) is 3.98. The summed E-state index contributed by atoms with van der Waals surface area (Å²) >= 11 is 0. The number of pyridine rings is 1. The van der Waals surface area contributed by atoms with Gasteiger partial charge in [-0.1, -0.05) is 5.16 Å². The Morgan fingerprint density at radius 1 is 1.52 bits per heavy atom. The Balaban J connectivity index is 2.81. The van der Waals surface area contributed by atoms with Crippen LogP contribution in [0, 0.1) is 10.1 Å². The van der Waals surface area contributed by atoms with Gasteiger partial charge in [-0.05, 0) is 12.1 Å². The maximum absolute atomic E-state index is 11.2. The van der Waals surface area contributed by atoms with Crippen LogP contribution in [0.2, 0.25) is 0 Å². The van der Waals surface area contributed by atoms with E-state index in [9.17, 15) is 14.9 Å². The standard InChI is InChI=1S/C13H11N3O5/c1-8(17)21-13-9(7-15-20-2)6-11(16(18)19)10-4-3-5-14-12(10)13/h3-7H,1-2H3/b15-7+. The number of nitrogens with zero attached hydrogens (tertiary/aromatic N) is 3. The van der Waals surface area contributed by atoms with Crippen molar-refractivity contribution in [2.24, 2.45) is 5.16 Å². The Kier molecular flexibility index (Phi) is 4.07. The van der Waals surface area contributed by atoms with Crippen LogP contribution in [-0.4, -0.2) is 29.2 Å². The molecule has 21 heavy (non-hydrogen) atoms. The molecule has 2 rings (SSSR count). The fraction of sp³-hybridized carbons (Fsp3) is 0.154. The van der Waals surface area contributed by atoms with Crippen molar-refractivity contribution in [2.45, 2.75) is 6.92 Å². The number of rotatable bonds is 4. The topological polar surface area (TPSA) is 104 Å². The number of carbonyl (C=O) groups is 1. The molecule has 0 saturated carbocycles. The van der Waals surface area contributed by atoms with Crippen molar-refractivity contribution < 1.29 is 19.3 Å². The quantitative estimate of drug-likeness (QED) is 0.280. The molecule has 1 aromatic heterocycles. The van der Waals surface area contributed by atoms with Crippen LogP contribution in [0.4, 0.5) is 5.69 Å². The maximum Gasteiger partial charge on any atom is 0.308 e. The third kappa shape index (κ3) is 2.94. The predicted octanol–water partition coefficient (Wildman–Crippen LogP) is 2.05. The van der Waals surface area contributed by atoms with Crippen LogP contribution in [0.3, 0.4) is 0 Å². The number of non-ortho nitro benzene ring substituents is 1. The first kappa shape index (κ1) is 14.4. The van der Waals surface area contributed by atoms with Gasteiger partial charge >= 0.3 is 5.97 Å². The summed E-state index contributed by atoms with van der Waals surface area (Å²) in [5, 5.41) is 15.0. The molecule has 0 radical (unpaired) electrons. The molecule has 1 aromatic carbocycles. The fourth-order valence-corrected chi connectivity index (χ4v) is 1.83. The molecule has 0 aliphatic carbocycles. The Morgan fingerprint density at radius 2 is 2.29 bits per heavy atom. The van der Waals surface area contributed by atoms with Crippen LogP contribution < -0.4 is 4.74 Å². The Labute approximate surface area is 119 Å². The molecule has 0 aliphatic heterocycles. The highest BCUT2D eigenvalue weighted by Gasteiger charge is 2.21. The van der Waals surface area contributed by atoms with E-state index in [0.717, 1.165) is 0 Å². The first-order valence-electron chi connectivity index (χ1n) is 5.85. The summed E-state index contributed by atoms with van der Waals surface area (Å²) in [4.78, 5) is 30.5. The molecule has 0 fully saturated rings. The average Bonchev–Trinajstić information content (AvgIpc) is 2.45. The molecule has 0 unspecified atom stereocenters. The number of ether oxygens (including phenoxy) is 1. The molecule has 108 valence electrons. The molecule has 0 N–H and O–H groups in total. The number of oxime groups is 1. The molecule has 0 atom stereocenters. The Bertz CT molecular complexity index is 742. The number of esters is 1. The molecular formula is C13H11N3O5. The summed E-state index contributed by atoms with van der Waals surface area (Å²) in [5.74, 6) is -0.465. The number of fused-ring (bicyclic) bond motifs is 1. The lowest BCUT2D eigenvalue weighted by atomic mass is 10.1. The lowest BCUT2D eigenvalue weighted by Crippen LogP contribution is -2.06. The zero-order valence-corrected chi connectivity index (χ0v) is 11.3. The van der Waals surface area contributed by atoms with Crippen LogP contribution in [0.1, 0.15) is 12.5 Å². The first-order valence-corrected chi connectivity index (χ1v) is 5.85. The van der Waals surface area contributed by atoms with Gasteiger partial charge in [-0.3, -0.25) is 19.9 Å². The van der Waals surface area contributed by atoms with Gasteiger partial charge in [0.25, 0.3) is 5.69 Å². The number of benzene rings is 1. The zero-order chi connectivity index (χ0) is 15.4. The van der Waals surface area contributed by atoms with Crippen LogP contribution in [0.25, 0.3) is 10.9 Å². The first-order chi connectivity index (χ1) is 10.0. The molecule has 2 aromatic rings. The smallest absolute Gasteiger partial charge is 0.308 e. The molecule has 0 aliphatic rings.